The van der Waals surface area contributed by atoms with E-state index < -0.39 is 57.8 Å². The Morgan fingerprint density at radius 3 is 2.10 bits per heavy atom. The molecule has 1 aliphatic rings. The number of nitrogens with zero attached hydrogens (tertiary/aromatic N) is 1. The third-order valence-corrected chi connectivity index (χ3v) is 4.68. The third-order valence-electron chi connectivity index (χ3n) is 3.72. The summed E-state index contributed by atoms with van der Waals surface area (Å²) in [4.78, 5) is 25.0. The molecule has 0 bridgehead atoms. The van der Waals surface area contributed by atoms with Crippen LogP contribution in [0.3, 0.4) is 0 Å². The van der Waals surface area contributed by atoms with Gasteiger partial charge < -0.3 is 19.7 Å². The second kappa shape index (κ2) is 8.89. The average molecular weight is 454 g/mol. The lowest BCUT2D eigenvalue weighted by atomic mass is 10.2. The van der Waals surface area contributed by atoms with Crippen molar-refractivity contribution in [3.63, 3.8) is 0 Å². The Balaban J connectivity index is 3.27. The van der Waals surface area contributed by atoms with Gasteiger partial charge in [0, 0.05) is 31.8 Å². The smallest absolute Gasteiger partial charge is 0.412 e. The first kappa shape index (κ1) is 25.2. The predicted molar refractivity (Wildman–Crippen MR) is 86.2 cm³/mol. The van der Waals surface area contributed by atoms with E-state index in [0.717, 1.165) is 6.92 Å². The number of nitrogens with one attached hydrogen (secondary N) is 1. The Morgan fingerprint density at radius 1 is 1.17 bits per heavy atom. The number of rotatable bonds is 8. The lowest BCUT2D eigenvalue weighted by Gasteiger charge is -2.38. The van der Waals surface area contributed by atoms with Crippen molar-refractivity contribution in [1.82, 2.24) is 10.2 Å². The Kier molecular flexibility index (Phi) is 7.72. The highest BCUT2D eigenvalue weighted by Gasteiger charge is 2.67. The van der Waals surface area contributed by atoms with Crippen LogP contribution in [-0.4, -0.2) is 79.8 Å². The molecule has 1 unspecified atom stereocenters. The molecule has 29 heavy (non-hydrogen) atoms. The van der Waals surface area contributed by atoms with Gasteiger partial charge in [0.15, 0.2) is 0 Å². The lowest BCUT2D eigenvalue weighted by molar-refractivity contribution is -0.351. The fourth-order valence-corrected chi connectivity index (χ4v) is 2.47. The first-order chi connectivity index (χ1) is 13.1. The summed E-state index contributed by atoms with van der Waals surface area (Å²) in [6.07, 6.45) is -7.66. The Labute approximate surface area is 162 Å². The molecular formula is C14H19F5N2O7S. The van der Waals surface area contributed by atoms with Gasteiger partial charge in [-0.05, 0) is 6.92 Å². The molecule has 168 valence electrons. The van der Waals surface area contributed by atoms with Crippen LogP contribution in [0, 0.1) is 0 Å². The van der Waals surface area contributed by atoms with Gasteiger partial charge in [0.2, 0.25) is 0 Å². The fraction of sp³-hybridized carbons (Fsp3) is 0.714. The normalized spacial score (nSPS) is 18.1. The van der Waals surface area contributed by atoms with E-state index in [9.17, 15) is 40.0 Å². The Hall–Kier alpha value is -1.84. The minimum Gasteiger partial charge on any atom is -0.412 e. The van der Waals surface area contributed by atoms with Crippen LogP contribution < -0.4 is 5.32 Å². The number of amides is 1. The number of hydrogen-bond donors (Lipinski definition) is 2. The van der Waals surface area contributed by atoms with Crippen LogP contribution in [-0.2, 0) is 29.2 Å². The molecule has 0 aliphatic carbocycles. The maximum absolute atomic E-state index is 13.8. The van der Waals surface area contributed by atoms with E-state index in [1.54, 1.807) is 0 Å². The zero-order chi connectivity index (χ0) is 22.7. The van der Waals surface area contributed by atoms with Crippen LogP contribution in [0.2, 0.25) is 0 Å². The Morgan fingerprint density at radius 2 is 1.69 bits per heavy atom. The van der Waals surface area contributed by atoms with Crippen LogP contribution in [0.1, 0.15) is 13.3 Å². The highest BCUT2D eigenvalue weighted by atomic mass is 32.2. The second-order valence-electron chi connectivity index (χ2n) is 6.04. The van der Waals surface area contributed by atoms with Crippen molar-refractivity contribution in [3.8, 4) is 0 Å². The van der Waals surface area contributed by atoms with Gasteiger partial charge in [-0.3, -0.25) is 9.35 Å². The Bertz CT molecular complexity index is 750. The average Bonchev–Trinajstić information content (AvgIpc) is 2.58. The monoisotopic (exact) mass is 454 g/mol. The van der Waals surface area contributed by atoms with Crippen molar-refractivity contribution in [3.05, 3.63) is 12.2 Å². The number of carbonyl (C=O) groups is 2. The van der Waals surface area contributed by atoms with Gasteiger partial charge in [-0.1, -0.05) is 6.58 Å². The van der Waals surface area contributed by atoms with Crippen molar-refractivity contribution >= 4 is 22.0 Å². The van der Waals surface area contributed by atoms with Crippen molar-refractivity contribution in [2.45, 2.75) is 30.6 Å². The molecule has 1 aliphatic heterocycles. The van der Waals surface area contributed by atoms with Crippen LogP contribution in [0.4, 0.5) is 22.0 Å². The molecule has 0 radical (unpaired) electrons. The standard InChI is InChI=1S/C14H19F5N2O7S/c1-9(2)10(22)28-13(14(17,18)19,11(23)21-6-4-20-5-7-21)27-8-3-12(15,16)29(24,25)26/h20H,1,3-8H2,2H3,(H,24,25,26). The van der Waals surface area contributed by atoms with E-state index in [-0.39, 0.29) is 26.2 Å². The predicted octanol–water partition coefficient (Wildman–Crippen LogP) is 0.683. The molecule has 1 heterocycles. The number of esters is 1. The van der Waals surface area contributed by atoms with Gasteiger partial charge in [-0.15, -0.1) is 0 Å². The number of carbonyl (C=O) groups excluding carboxylic acids is 2. The van der Waals surface area contributed by atoms with Crippen LogP contribution in [0.25, 0.3) is 0 Å². The summed E-state index contributed by atoms with van der Waals surface area (Å²) in [5.74, 6) is -7.88. The quantitative estimate of drug-likeness (QED) is 0.181. The molecule has 1 saturated heterocycles. The first-order valence-electron chi connectivity index (χ1n) is 7.99. The zero-order valence-corrected chi connectivity index (χ0v) is 15.9. The topological polar surface area (TPSA) is 122 Å². The van der Waals surface area contributed by atoms with E-state index in [4.69, 9.17) is 4.55 Å². The fourth-order valence-electron chi connectivity index (χ4n) is 2.13. The lowest BCUT2D eigenvalue weighted by Crippen LogP contribution is -2.64. The van der Waals surface area contributed by atoms with Gasteiger partial charge in [0.25, 0.3) is 0 Å². The van der Waals surface area contributed by atoms with E-state index >= 15 is 0 Å². The molecule has 1 atom stereocenters. The van der Waals surface area contributed by atoms with E-state index in [1.165, 1.54) is 0 Å². The zero-order valence-electron chi connectivity index (χ0n) is 15.1. The van der Waals surface area contributed by atoms with Crippen molar-refractivity contribution in [2.24, 2.45) is 0 Å². The molecule has 0 saturated carbocycles. The number of hydrogen-bond acceptors (Lipinski definition) is 7. The van der Waals surface area contributed by atoms with Gasteiger partial charge in [-0.25, -0.2) is 4.79 Å². The van der Waals surface area contributed by atoms with Gasteiger partial charge in [-0.2, -0.15) is 30.4 Å². The van der Waals surface area contributed by atoms with E-state index in [0.29, 0.717) is 4.90 Å². The summed E-state index contributed by atoms with van der Waals surface area (Å²) in [7, 11) is -5.95. The third kappa shape index (κ3) is 5.83. The maximum atomic E-state index is 13.8. The molecule has 15 heteroatoms. The molecule has 0 aromatic rings. The number of halogens is 5. The van der Waals surface area contributed by atoms with Crippen LogP contribution in [0.5, 0.6) is 0 Å². The molecule has 1 fully saturated rings. The summed E-state index contributed by atoms with van der Waals surface area (Å²) < 4.78 is 106. The van der Waals surface area contributed by atoms with E-state index in [1.807, 2.05) is 0 Å². The van der Waals surface area contributed by atoms with Crippen molar-refractivity contribution in [1.29, 1.82) is 0 Å². The van der Waals surface area contributed by atoms with Crippen LogP contribution in [0.15, 0.2) is 12.2 Å². The number of alkyl halides is 5. The van der Waals surface area contributed by atoms with Crippen LogP contribution >= 0.6 is 0 Å². The number of piperazine rings is 1. The molecule has 1 rings (SSSR count). The minimum absolute atomic E-state index is 0.106. The molecule has 1 amide bonds. The van der Waals surface area contributed by atoms with Crippen molar-refractivity contribution in [2.75, 3.05) is 32.8 Å². The summed E-state index contributed by atoms with van der Waals surface area (Å²) in [5.41, 5.74) is -0.543. The highest BCUT2D eigenvalue weighted by molar-refractivity contribution is 7.86. The minimum atomic E-state index is -5.95. The van der Waals surface area contributed by atoms with Crippen molar-refractivity contribution < 1.29 is 54.0 Å². The highest BCUT2D eigenvalue weighted by Crippen LogP contribution is 2.38. The largest absolute Gasteiger partial charge is 0.466 e. The van der Waals surface area contributed by atoms with Gasteiger partial charge in [0.05, 0.1) is 13.0 Å². The maximum Gasteiger partial charge on any atom is 0.466 e. The van der Waals surface area contributed by atoms with E-state index in [2.05, 4.69) is 21.4 Å². The molecule has 0 aromatic carbocycles. The van der Waals surface area contributed by atoms with Gasteiger partial charge >= 0.3 is 39.2 Å². The first-order valence-corrected chi connectivity index (χ1v) is 9.43. The SMILES string of the molecule is C=C(C)C(=O)OC(OCCC(F)(F)S(=O)(=O)O)(C(=O)N1CCNCC1)C(F)(F)F. The summed E-state index contributed by atoms with van der Waals surface area (Å²) >= 11 is 0. The molecule has 9 nitrogen and oxygen atoms in total. The summed E-state index contributed by atoms with van der Waals surface area (Å²) in [6, 6.07) is 0. The molecule has 2 N–H and O–H groups in total. The second-order valence-corrected chi connectivity index (χ2v) is 7.58. The van der Waals surface area contributed by atoms with Gasteiger partial charge in [0.1, 0.15) is 0 Å². The molecular weight excluding hydrogens is 435 g/mol. The molecule has 0 aromatic heterocycles. The molecule has 0 spiro atoms. The summed E-state index contributed by atoms with van der Waals surface area (Å²) in [5, 5.41) is -2.09. The summed E-state index contributed by atoms with van der Waals surface area (Å²) in [6.45, 7) is 2.11. The number of ether oxygens (including phenoxy) is 2.